The largest absolute Gasteiger partial charge is 0.384 e. The van der Waals surface area contributed by atoms with Gasteiger partial charge in [0.2, 0.25) is 5.91 Å². The summed E-state index contributed by atoms with van der Waals surface area (Å²) in [5.41, 5.74) is 10.0. The molecule has 1 fully saturated rings. The monoisotopic (exact) mass is 500 g/mol. The van der Waals surface area contributed by atoms with Crippen LogP contribution >= 0.6 is 0 Å². The summed E-state index contributed by atoms with van der Waals surface area (Å²) in [5, 5.41) is 2.96. The number of hydrogen-bond donors (Lipinski definition) is 2. The first-order valence-electron chi connectivity index (χ1n) is 12.3. The summed E-state index contributed by atoms with van der Waals surface area (Å²) < 4.78 is 0. The number of imide groups is 1. The number of carbonyl (C=O) groups is 3. The summed E-state index contributed by atoms with van der Waals surface area (Å²) in [7, 11) is 1.64. The fourth-order valence-electron chi connectivity index (χ4n) is 4.72. The number of urea groups is 1. The Morgan fingerprint density at radius 1 is 1.11 bits per heavy atom. The Balaban J connectivity index is 1.61. The molecule has 192 valence electrons. The molecule has 37 heavy (non-hydrogen) atoms. The molecule has 3 heterocycles. The molecule has 0 saturated carbocycles. The number of likely N-dealkylation sites (tertiary alicyclic amines) is 1. The van der Waals surface area contributed by atoms with E-state index in [0.29, 0.717) is 17.9 Å². The standard InChI is InChI=1S/C28H32N6O3/c1-5-23(20-8-6-7-17(2)13-20)32-28(37)34-25(27(36)33(4)21-10-12-30-18(3)14-21)22(26(34)35)15-19-9-11-31-24(29)16-19/h6-14,16,22-23,25H,5,15H2,1-4H3,(H2,29,31)(H,32,37)/t22?,23-,25+/m1/s1. The van der Waals surface area contributed by atoms with Gasteiger partial charge in [0.15, 0.2) is 0 Å². The zero-order valence-electron chi connectivity index (χ0n) is 21.5. The fourth-order valence-corrected chi connectivity index (χ4v) is 4.72. The molecule has 0 spiro atoms. The maximum atomic E-state index is 13.7. The van der Waals surface area contributed by atoms with Crippen LogP contribution in [0.2, 0.25) is 0 Å². The third-order valence-corrected chi connectivity index (χ3v) is 6.74. The number of nitrogen functional groups attached to an aromatic ring is 1. The van der Waals surface area contributed by atoms with Crippen LogP contribution in [0.4, 0.5) is 16.3 Å². The van der Waals surface area contributed by atoms with Crippen LogP contribution in [0.3, 0.4) is 0 Å². The van der Waals surface area contributed by atoms with Crippen molar-refractivity contribution in [1.82, 2.24) is 20.2 Å². The van der Waals surface area contributed by atoms with Gasteiger partial charge in [0.1, 0.15) is 11.9 Å². The number of nitrogens with zero attached hydrogens (tertiary/aromatic N) is 4. The van der Waals surface area contributed by atoms with Crippen LogP contribution in [0.25, 0.3) is 0 Å². The van der Waals surface area contributed by atoms with Crippen LogP contribution < -0.4 is 16.0 Å². The molecular formula is C28H32N6O3. The van der Waals surface area contributed by atoms with Crippen LogP contribution in [0, 0.1) is 19.8 Å². The topological polar surface area (TPSA) is 122 Å². The SMILES string of the molecule is CC[C@@H](NC(=O)N1C(=O)C(Cc2ccnc(N)c2)[C@H]1C(=O)N(C)c1ccnc(C)c1)c1cccc(C)c1. The molecule has 1 saturated heterocycles. The minimum atomic E-state index is -0.963. The van der Waals surface area contributed by atoms with Gasteiger partial charge >= 0.3 is 6.03 Å². The van der Waals surface area contributed by atoms with E-state index >= 15 is 0 Å². The minimum absolute atomic E-state index is 0.268. The van der Waals surface area contributed by atoms with Gasteiger partial charge in [0.05, 0.1) is 12.0 Å². The number of amides is 4. The van der Waals surface area contributed by atoms with Crippen LogP contribution in [0.15, 0.2) is 60.9 Å². The van der Waals surface area contributed by atoms with Gasteiger partial charge < -0.3 is 16.0 Å². The first-order valence-corrected chi connectivity index (χ1v) is 12.3. The molecule has 3 N–H and O–H groups in total. The van der Waals surface area contributed by atoms with E-state index in [9.17, 15) is 14.4 Å². The van der Waals surface area contributed by atoms with E-state index in [1.165, 1.54) is 4.90 Å². The van der Waals surface area contributed by atoms with Gasteiger partial charge in [-0.15, -0.1) is 0 Å². The van der Waals surface area contributed by atoms with Crippen molar-refractivity contribution in [1.29, 1.82) is 0 Å². The lowest BCUT2D eigenvalue weighted by Gasteiger charge is -2.46. The van der Waals surface area contributed by atoms with Gasteiger partial charge in [-0.3, -0.25) is 19.5 Å². The van der Waals surface area contributed by atoms with Crippen molar-refractivity contribution >= 4 is 29.4 Å². The molecule has 0 aliphatic carbocycles. The molecule has 0 bridgehead atoms. The Hall–Kier alpha value is -4.27. The summed E-state index contributed by atoms with van der Waals surface area (Å²) >= 11 is 0. The molecule has 4 rings (SSSR count). The lowest BCUT2D eigenvalue weighted by atomic mass is 9.81. The Morgan fingerprint density at radius 3 is 2.54 bits per heavy atom. The second kappa shape index (κ2) is 10.8. The van der Waals surface area contributed by atoms with Crippen molar-refractivity contribution < 1.29 is 14.4 Å². The van der Waals surface area contributed by atoms with Gasteiger partial charge in [0, 0.05) is 30.8 Å². The van der Waals surface area contributed by atoms with Crippen LogP contribution in [-0.4, -0.2) is 45.8 Å². The summed E-state index contributed by atoms with van der Waals surface area (Å²) in [6.45, 7) is 5.78. The molecule has 9 heteroatoms. The first kappa shape index (κ1) is 25.8. The minimum Gasteiger partial charge on any atom is -0.384 e. The summed E-state index contributed by atoms with van der Waals surface area (Å²) in [6.07, 6.45) is 4.08. The third kappa shape index (κ3) is 5.45. The Bertz CT molecular complexity index is 1330. The third-order valence-electron chi connectivity index (χ3n) is 6.74. The van der Waals surface area contributed by atoms with E-state index in [-0.39, 0.29) is 18.4 Å². The summed E-state index contributed by atoms with van der Waals surface area (Å²) in [6, 6.07) is 13.0. The number of rotatable bonds is 7. The maximum Gasteiger partial charge on any atom is 0.325 e. The van der Waals surface area contributed by atoms with Gasteiger partial charge in [0.25, 0.3) is 5.91 Å². The second-order valence-electron chi connectivity index (χ2n) is 9.43. The zero-order chi connectivity index (χ0) is 26.7. The molecular weight excluding hydrogens is 468 g/mol. The van der Waals surface area contributed by atoms with E-state index < -0.39 is 23.9 Å². The van der Waals surface area contributed by atoms with Gasteiger partial charge in [-0.1, -0.05) is 36.8 Å². The molecule has 9 nitrogen and oxygen atoms in total. The number of carbonyl (C=O) groups excluding carboxylic acids is 3. The smallest absolute Gasteiger partial charge is 0.325 e. The quantitative estimate of drug-likeness (QED) is 0.479. The van der Waals surface area contributed by atoms with Crippen molar-refractivity contribution in [2.45, 2.75) is 45.7 Å². The predicted octanol–water partition coefficient (Wildman–Crippen LogP) is 3.57. The number of hydrogen-bond acceptors (Lipinski definition) is 6. The maximum absolute atomic E-state index is 13.7. The number of aryl methyl sites for hydroxylation is 2. The highest BCUT2D eigenvalue weighted by atomic mass is 16.2. The van der Waals surface area contributed by atoms with Gasteiger partial charge in [-0.25, -0.2) is 9.78 Å². The average Bonchev–Trinajstić information content (AvgIpc) is 2.87. The Kier molecular flexibility index (Phi) is 7.52. The molecule has 3 atom stereocenters. The van der Waals surface area contributed by atoms with Crippen molar-refractivity contribution in [3.63, 3.8) is 0 Å². The van der Waals surface area contributed by atoms with Crippen LogP contribution in [0.5, 0.6) is 0 Å². The number of β-lactam (4-membered cyclic amide) rings is 1. The van der Waals surface area contributed by atoms with E-state index in [1.807, 2.05) is 45.0 Å². The Morgan fingerprint density at radius 2 is 1.86 bits per heavy atom. The number of nitrogens with one attached hydrogen (secondary N) is 1. The lowest BCUT2D eigenvalue weighted by molar-refractivity contribution is -0.156. The molecule has 3 aromatic rings. The molecule has 0 radical (unpaired) electrons. The number of nitrogens with two attached hydrogens (primary N) is 1. The molecule has 1 aromatic carbocycles. The fraction of sp³-hybridized carbons (Fsp3) is 0.321. The van der Waals surface area contributed by atoms with E-state index in [1.54, 1.807) is 43.7 Å². The van der Waals surface area contributed by atoms with Crippen LogP contribution in [0.1, 0.15) is 41.8 Å². The molecule has 1 aliphatic heterocycles. The van der Waals surface area contributed by atoms with Gasteiger partial charge in [-0.2, -0.15) is 0 Å². The number of likely N-dealkylation sites (N-methyl/N-ethyl adjacent to an activating group) is 1. The molecule has 1 unspecified atom stereocenters. The number of benzene rings is 1. The molecule has 4 amide bonds. The van der Waals surface area contributed by atoms with E-state index in [2.05, 4.69) is 15.3 Å². The van der Waals surface area contributed by atoms with Crippen molar-refractivity contribution in [3.8, 4) is 0 Å². The first-order chi connectivity index (χ1) is 17.7. The zero-order valence-corrected chi connectivity index (χ0v) is 21.5. The predicted molar refractivity (Wildman–Crippen MR) is 142 cm³/mol. The van der Waals surface area contributed by atoms with Crippen molar-refractivity contribution in [3.05, 3.63) is 83.3 Å². The normalized spacial score (nSPS) is 17.6. The lowest BCUT2D eigenvalue weighted by Crippen LogP contribution is -2.70. The summed E-state index contributed by atoms with van der Waals surface area (Å²) in [5.74, 6) is -1.12. The molecule has 2 aromatic heterocycles. The molecule has 1 aliphatic rings. The highest BCUT2D eigenvalue weighted by Gasteiger charge is 2.55. The van der Waals surface area contributed by atoms with Crippen molar-refractivity contribution in [2.75, 3.05) is 17.7 Å². The van der Waals surface area contributed by atoms with Crippen LogP contribution in [-0.2, 0) is 16.0 Å². The van der Waals surface area contributed by atoms with Crippen molar-refractivity contribution in [2.24, 2.45) is 5.92 Å². The highest BCUT2D eigenvalue weighted by Crippen LogP contribution is 2.33. The summed E-state index contributed by atoms with van der Waals surface area (Å²) in [4.78, 5) is 51.2. The average molecular weight is 501 g/mol. The Labute approximate surface area is 216 Å². The number of aromatic nitrogens is 2. The van der Waals surface area contributed by atoms with E-state index in [0.717, 1.165) is 27.3 Å². The second-order valence-corrected chi connectivity index (χ2v) is 9.43. The van der Waals surface area contributed by atoms with E-state index in [4.69, 9.17) is 5.73 Å². The number of pyridine rings is 2. The number of anilines is 2. The van der Waals surface area contributed by atoms with Gasteiger partial charge in [-0.05, 0) is 62.1 Å². The highest BCUT2D eigenvalue weighted by molar-refractivity contribution is 6.12.